The fraction of sp³-hybridized carbons (Fsp3) is 0.455. The molecule has 2 rings (SSSR count). The largest absolute Gasteiger partial charge is 0.312 e. The summed E-state index contributed by atoms with van der Waals surface area (Å²) in [5, 5.41) is 0. The van der Waals surface area contributed by atoms with Gasteiger partial charge in [0.2, 0.25) is 0 Å². The topological polar surface area (TPSA) is 39.1 Å². The van der Waals surface area contributed by atoms with E-state index < -0.39 is 0 Å². The number of carbonyl (C=O) groups excluding carboxylic acids is 1. The van der Waals surface area contributed by atoms with Crippen molar-refractivity contribution in [1.82, 2.24) is 4.57 Å². The van der Waals surface area contributed by atoms with Gasteiger partial charge in [0.15, 0.2) is 6.29 Å². The summed E-state index contributed by atoms with van der Waals surface area (Å²) in [4.78, 5) is 22.3. The van der Waals surface area contributed by atoms with Crippen LogP contribution in [0, 0.1) is 0 Å². The van der Waals surface area contributed by atoms with E-state index in [1.165, 1.54) is 12.8 Å². The van der Waals surface area contributed by atoms with Crippen LogP contribution in [0.5, 0.6) is 0 Å². The summed E-state index contributed by atoms with van der Waals surface area (Å²) in [6, 6.07) is 3.65. The lowest BCUT2D eigenvalue weighted by molar-refractivity contribution is 0.112. The Kier molecular flexibility index (Phi) is 2.48. The molecule has 0 radical (unpaired) electrons. The second-order valence-electron chi connectivity index (χ2n) is 3.73. The van der Waals surface area contributed by atoms with Gasteiger partial charge < -0.3 is 4.57 Å². The molecule has 0 N–H and O–H groups in total. The summed E-state index contributed by atoms with van der Waals surface area (Å²) in [5.41, 5.74) is 0.119. The standard InChI is InChI=1S/C11H13NO2/c13-8-9-4-3-7-12(11(9)14)10-5-1-2-6-10/h3-4,7-8,10H,1-2,5-6H2. The van der Waals surface area contributed by atoms with Gasteiger partial charge in [-0.05, 0) is 25.0 Å². The van der Waals surface area contributed by atoms with Crippen molar-refractivity contribution in [2.45, 2.75) is 31.7 Å². The number of aromatic nitrogens is 1. The molecule has 0 saturated heterocycles. The van der Waals surface area contributed by atoms with Crippen molar-refractivity contribution in [2.75, 3.05) is 0 Å². The summed E-state index contributed by atoms with van der Waals surface area (Å²) < 4.78 is 1.71. The predicted octanol–water partition coefficient (Wildman–Crippen LogP) is 1.78. The molecule has 0 aromatic carbocycles. The van der Waals surface area contributed by atoms with Crippen molar-refractivity contribution in [3.63, 3.8) is 0 Å². The van der Waals surface area contributed by atoms with E-state index in [0.29, 0.717) is 12.3 Å². The minimum atomic E-state index is -0.144. The zero-order valence-electron chi connectivity index (χ0n) is 7.98. The van der Waals surface area contributed by atoms with Gasteiger partial charge in [0.25, 0.3) is 5.56 Å². The van der Waals surface area contributed by atoms with E-state index in [9.17, 15) is 9.59 Å². The molecule has 1 aromatic heterocycles. The Morgan fingerprint density at radius 2 is 2.07 bits per heavy atom. The summed E-state index contributed by atoms with van der Waals surface area (Å²) in [5.74, 6) is 0. The van der Waals surface area contributed by atoms with Gasteiger partial charge >= 0.3 is 0 Å². The first-order valence-corrected chi connectivity index (χ1v) is 4.99. The Balaban J connectivity index is 2.42. The van der Waals surface area contributed by atoms with Crippen LogP contribution in [0.2, 0.25) is 0 Å². The molecular formula is C11H13NO2. The van der Waals surface area contributed by atoms with Crippen LogP contribution in [0.25, 0.3) is 0 Å². The number of aldehydes is 1. The molecule has 0 bridgehead atoms. The zero-order valence-corrected chi connectivity index (χ0v) is 7.98. The maximum absolute atomic E-state index is 11.7. The van der Waals surface area contributed by atoms with E-state index in [1.54, 1.807) is 22.9 Å². The van der Waals surface area contributed by atoms with E-state index in [-0.39, 0.29) is 11.1 Å². The first kappa shape index (κ1) is 9.19. The monoisotopic (exact) mass is 191 g/mol. The quantitative estimate of drug-likeness (QED) is 0.668. The third-order valence-electron chi connectivity index (χ3n) is 2.85. The zero-order chi connectivity index (χ0) is 9.97. The number of carbonyl (C=O) groups is 1. The molecule has 1 fully saturated rings. The Labute approximate surface area is 82.4 Å². The van der Waals surface area contributed by atoms with Gasteiger partial charge in [-0.1, -0.05) is 12.8 Å². The normalized spacial score (nSPS) is 17.1. The molecule has 14 heavy (non-hydrogen) atoms. The van der Waals surface area contributed by atoms with Crippen LogP contribution in [-0.4, -0.2) is 10.9 Å². The van der Waals surface area contributed by atoms with Gasteiger partial charge in [0.05, 0.1) is 5.56 Å². The molecule has 1 aromatic rings. The van der Waals surface area contributed by atoms with Gasteiger partial charge in [0, 0.05) is 12.2 Å². The maximum Gasteiger partial charge on any atom is 0.261 e. The minimum Gasteiger partial charge on any atom is -0.312 e. The van der Waals surface area contributed by atoms with E-state index >= 15 is 0 Å². The highest BCUT2D eigenvalue weighted by molar-refractivity contribution is 5.73. The number of hydrogen-bond acceptors (Lipinski definition) is 2. The molecule has 0 amide bonds. The first-order chi connectivity index (χ1) is 6.83. The summed E-state index contributed by atoms with van der Waals surface area (Å²) in [6.07, 6.45) is 6.90. The number of rotatable bonds is 2. The molecule has 3 heteroatoms. The second-order valence-corrected chi connectivity index (χ2v) is 3.73. The SMILES string of the molecule is O=Cc1cccn(C2CCCC2)c1=O. The van der Waals surface area contributed by atoms with Gasteiger partial charge in [0.1, 0.15) is 0 Å². The van der Waals surface area contributed by atoms with Crippen LogP contribution in [0.4, 0.5) is 0 Å². The molecule has 1 heterocycles. The first-order valence-electron chi connectivity index (χ1n) is 4.99. The third-order valence-corrected chi connectivity index (χ3v) is 2.85. The highest BCUT2D eigenvalue weighted by atomic mass is 16.1. The molecule has 0 spiro atoms. The fourth-order valence-electron chi connectivity index (χ4n) is 2.09. The van der Waals surface area contributed by atoms with Gasteiger partial charge in [-0.15, -0.1) is 0 Å². The Morgan fingerprint density at radius 3 is 2.71 bits per heavy atom. The highest BCUT2D eigenvalue weighted by Gasteiger charge is 2.18. The van der Waals surface area contributed by atoms with Crippen LogP contribution in [0.15, 0.2) is 23.1 Å². The molecule has 0 unspecified atom stereocenters. The predicted molar refractivity (Wildman–Crippen MR) is 53.6 cm³/mol. The lowest BCUT2D eigenvalue weighted by atomic mass is 10.2. The molecule has 74 valence electrons. The molecule has 1 aliphatic rings. The van der Waals surface area contributed by atoms with Crippen LogP contribution in [-0.2, 0) is 0 Å². The number of hydrogen-bond donors (Lipinski definition) is 0. The van der Waals surface area contributed by atoms with Gasteiger partial charge in [-0.2, -0.15) is 0 Å². The van der Waals surface area contributed by atoms with E-state index in [1.807, 2.05) is 0 Å². The van der Waals surface area contributed by atoms with Crippen molar-refractivity contribution in [2.24, 2.45) is 0 Å². The number of pyridine rings is 1. The van der Waals surface area contributed by atoms with Gasteiger partial charge in [-0.25, -0.2) is 0 Å². The van der Waals surface area contributed by atoms with E-state index in [0.717, 1.165) is 12.8 Å². The second kappa shape index (κ2) is 3.78. The summed E-state index contributed by atoms with van der Waals surface area (Å²) in [6.45, 7) is 0. The van der Waals surface area contributed by atoms with Crippen molar-refractivity contribution in [3.8, 4) is 0 Å². The molecule has 3 nitrogen and oxygen atoms in total. The average Bonchev–Trinajstić information content (AvgIpc) is 2.71. The molecular weight excluding hydrogens is 178 g/mol. The maximum atomic E-state index is 11.7. The summed E-state index contributed by atoms with van der Waals surface area (Å²) >= 11 is 0. The lowest BCUT2D eigenvalue weighted by Crippen LogP contribution is -2.25. The minimum absolute atomic E-state index is 0.144. The van der Waals surface area contributed by atoms with E-state index in [2.05, 4.69) is 0 Å². The van der Waals surface area contributed by atoms with Crippen LogP contribution in [0.1, 0.15) is 42.1 Å². The van der Waals surface area contributed by atoms with Crippen LogP contribution in [0.3, 0.4) is 0 Å². The smallest absolute Gasteiger partial charge is 0.261 e. The van der Waals surface area contributed by atoms with Crippen molar-refractivity contribution < 1.29 is 4.79 Å². The van der Waals surface area contributed by atoms with Crippen LogP contribution < -0.4 is 5.56 Å². The molecule has 1 aliphatic carbocycles. The van der Waals surface area contributed by atoms with Crippen LogP contribution >= 0.6 is 0 Å². The fourth-order valence-corrected chi connectivity index (χ4v) is 2.09. The molecule has 1 saturated carbocycles. The molecule has 0 atom stereocenters. The number of nitrogens with zero attached hydrogens (tertiary/aromatic N) is 1. The Hall–Kier alpha value is -1.38. The van der Waals surface area contributed by atoms with Gasteiger partial charge in [-0.3, -0.25) is 9.59 Å². The summed E-state index contributed by atoms with van der Waals surface area (Å²) in [7, 11) is 0. The Morgan fingerprint density at radius 1 is 1.36 bits per heavy atom. The van der Waals surface area contributed by atoms with Crippen molar-refractivity contribution in [1.29, 1.82) is 0 Å². The highest BCUT2D eigenvalue weighted by Crippen LogP contribution is 2.27. The third kappa shape index (κ3) is 1.50. The lowest BCUT2D eigenvalue weighted by Gasteiger charge is -2.12. The van der Waals surface area contributed by atoms with Crippen molar-refractivity contribution >= 4 is 6.29 Å². The average molecular weight is 191 g/mol. The molecule has 0 aliphatic heterocycles. The van der Waals surface area contributed by atoms with Crippen molar-refractivity contribution in [3.05, 3.63) is 34.2 Å². The Bertz CT molecular complexity index is 389. The van der Waals surface area contributed by atoms with E-state index in [4.69, 9.17) is 0 Å².